The highest BCUT2D eigenvalue weighted by Gasteiger charge is 2.35. The van der Waals surface area contributed by atoms with E-state index >= 15 is 0 Å². The summed E-state index contributed by atoms with van der Waals surface area (Å²) in [6.45, 7) is 2.98. The number of hydrogen-bond donors (Lipinski definition) is 3. The number of rotatable bonds is 3. The van der Waals surface area contributed by atoms with E-state index in [2.05, 4.69) is 41.5 Å². The molecule has 4 rings (SSSR count). The van der Waals surface area contributed by atoms with Crippen LogP contribution in [-0.4, -0.2) is 15.9 Å². The Balaban J connectivity index is 1.78. The summed E-state index contributed by atoms with van der Waals surface area (Å²) >= 11 is 0. The molecule has 5 heteroatoms. The fraction of sp³-hybridized carbons (Fsp3) is 0.300. The first-order valence-corrected chi connectivity index (χ1v) is 8.74. The Morgan fingerprint density at radius 2 is 2.00 bits per heavy atom. The Hall–Kier alpha value is -2.66. The largest absolute Gasteiger partial charge is 0.366 e. The van der Waals surface area contributed by atoms with Gasteiger partial charge < -0.3 is 16.0 Å². The summed E-state index contributed by atoms with van der Waals surface area (Å²) in [6.07, 6.45) is 2.86. The first-order chi connectivity index (χ1) is 12.1. The van der Waals surface area contributed by atoms with Crippen molar-refractivity contribution >= 4 is 16.9 Å². The number of aryl methyl sites for hydroxylation is 1. The molecule has 0 fully saturated rings. The van der Waals surface area contributed by atoms with E-state index in [1.165, 1.54) is 11.1 Å². The molecule has 0 spiro atoms. The van der Waals surface area contributed by atoms with Gasteiger partial charge in [-0.25, -0.2) is 4.98 Å². The normalized spacial score (nSPS) is 20.2. The molecular formula is C20H22N4O. The number of aromatic nitrogens is 2. The number of benzene rings is 2. The molecule has 1 aliphatic heterocycles. The first kappa shape index (κ1) is 15.8. The highest BCUT2D eigenvalue weighted by molar-refractivity contribution is 6.04. The van der Waals surface area contributed by atoms with Gasteiger partial charge in [0.05, 0.1) is 16.6 Å². The van der Waals surface area contributed by atoms with Crippen molar-refractivity contribution in [3.05, 3.63) is 65.0 Å². The van der Waals surface area contributed by atoms with Gasteiger partial charge in [-0.05, 0) is 42.5 Å². The summed E-state index contributed by atoms with van der Waals surface area (Å²) in [5.74, 6) is 0.432. The number of imidazole rings is 1. The van der Waals surface area contributed by atoms with Gasteiger partial charge in [-0.2, -0.15) is 0 Å². The molecule has 4 N–H and O–H groups in total. The van der Waals surface area contributed by atoms with Crippen LogP contribution in [0, 0.1) is 0 Å². The second-order valence-electron chi connectivity index (χ2n) is 6.71. The zero-order valence-corrected chi connectivity index (χ0v) is 14.3. The van der Waals surface area contributed by atoms with Crippen molar-refractivity contribution in [2.75, 3.05) is 0 Å². The van der Waals surface area contributed by atoms with Crippen LogP contribution in [-0.2, 0) is 18.5 Å². The molecule has 0 saturated carbocycles. The van der Waals surface area contributed by atoms with Gasteiger partial charge in [0.2, 0.25) is 0 Å². The Bertz CT molecular complexity index is 917. The van der Waals surface area contributed by atoms with E-state index in [1.54, 1.807) is 6.07 Å². The summed E-state index contributed by atoms with van der Waals surface area (Å²) in [7, 11) is 0. The smallest absolute Gasteiger partial charge is 0.250 e. The minimum atomic E-state index is -0.449. The van der Waals surface area contributed by atoms with Crippen LogP contribution in [0.15, 0.2) is 42.5 Å². The molecule has 0 radical (unpaired) electrons. The van der Waals surface area contributed by atoms with Crippen LogP contribution in [0.2, 0.25) is 0 Å². The topological polar surface area (TPSA) is 83.8 Å². The van der Waals surface area contributed by atoms with Gasteiger partial charge in [0, 0.05) is 6.54 Å². The van der Waals surface area contributed by atoms with Crippen LogP contribution < -0.4 is 11.1 Å². The van der Waals surface area contributed by atoms with Crippen LogP contribution in [0.5, 0.6) is 0 Å². The van der Waals surface area contributed by atoms with Gasteiger partial charge in [-0.3, -0.25) is 4.79 Å². The number of nitrogens with one attached hydrogen (secondary N) is 2. The number of hydrogen-bond acceptors (Lipinski definition) is 3. The highest BCUT2D eigenvalue weighted by Crippen LogP contribution is 2.33. The number of fused-ring (bicyclic) bond motifs is 2. The van der Waals surface area contributed by atoms with Crippen molar-refractivity contribution in [3.63, 3.8) is 0 Å². The van der Waals surface area contributed by atoms with E-state index in [0.29, 0.717) is 11.1 Å². The average Bonchev–Trinajstić information content (AvgIpc) is 2.98. The van der Waals surface area contributed by atoms with Crippen molar-refractivity contribution in [2.24, 2.45) is 5.73 Å². The van der Waals surface area contributed by atoms with E-state index in [1.807, 2.05) is 12.1 Å². The lowest BCUT2D eigenvalue weighted by atomic mass is 9.89. The lowest BCUT2D eigenvalue weighted by molar-refractivity contribution is 0.100. The number of carbonyl (C=O) groups is 1. The maximum absolute atomic E-state index is 11.7. The monoisotopic (exact) mass is 334 g/mol. The molecule has 5 nitrogen and oxygen atoms in total. The maximum atomic E-state index is 11.7. The third kappa shape index (κ3) is 2.61. The average molecular weight is 334 g/mol. The molecule has 1 aromatic heterocycles. The van der Waals surface area contributed by atoms with Gasteiger partial charge in [0.25, 0.3) is 5.91 Å². The fourth-order valence-electron chi connectivity index (χ4n) is 3.80. The molecule has 1 amide bonds. The minimum Gasteiger partial charge on any atom is -0.366 e. The Morgan fingerprint density at radius 3 is 2.76 bits per heavy atom. The molecule has 1 atom stereocenters. The number of para-hydroxylation sites is 1. The van der Waals surface area contributed by atoms with Crippen LogP contribution >= 0.6 is 0 Å². The Kier molecular flexibility index (Phi) is 3.81. The summed E-state index contributed by atoms with van der Waals surface area (Å²) in [4.78, 5) is 19.9. The van der Waals surface area contributed by atoms with Gasteiger partial charge in [-0.1, -0.05) is 37.3 Å². The first-order valence-electron chi connectivity index (χ1n) is 8.74. The molecule has 1 unspecified atom stereocenters. The molecule has 1 aliphatic rings. The molecule has 0 saturated heterocycles. The van der Waals surface area contributed by atoms with Crippen LogP contribution in [0.3, 0.4) is 0 Å². The number of H-pyrrole nitrogens is 1. The number of nitrogens with zero attached hydrogens (tertiary/aromatic N) is 1. The summed E-state index contributed by atoms with van der Waals surface area (Å²) in [5.41, 5.74) is 9.96. The zero-order chi connectivity index (χ0) is 17.4. The fourth-order valence-corrected chi connectivity index (χ4v) is 3.80. The maximum Gasteiger partial charge on any atom is 0.250 e. The number of primary amides is 1. The second-order valence-corrected chi connectivity index (χ2v) is 6.71. The lowest BCUT2D eigenvalue weighted by Gasteiger charge is -2.30. The van der Waals surface area contributed by atoms with E-state index in [4.69, 9.17) is 10.7 Å². The number of nitrogens with two attached hydrogens (primary N) is 1. The summed E-state index contributed by atoms with van der Waals surface area (Å²) in [5, 5.41) is 3.72. The molecule has 128 valence electrons. The minimum absolute atomic E-state index is 0.243. The van der Waals surface area contributed by atoms with Gasteiger partial charge in [0.1, 0.15) is 11.3 Å². The molecule has 0 aliphatic carbocycles. The standard InChI is InChI=1S/C20H22N4O/c1-2-20(11-10-13-6-3-4-7-14(13)12-22-20)19-23-16-9-5-8-15(18(21)25)17(16)24-19/h3-9,22H,2,10-12H2,1H3,(H2,21,25)(H,23,24). The van der Waals surface area contributed by atoms with Crippen LogP contribution in [0.25, 0.3) is 11.0 Å². The second kappa shape index (κ2) is 6.01. The molecule has 2 heterocycles. The van der Waals surface area contributed by atoms with Gasteiger partial charge >= 0.3 is 0 Å². The number of aromatic amines is 1. The Labute approximate surface area is 146 Å². The van der Waals surface area contributed by atoms with Crippen molar-refractivity contribution in [1.29, 1.82) is 0 Å². The van der Waals surface area contributed by atoms with Crippen molar-refractivity contribution in [1.82, 2.24) is 15.3 Å². The van der Waals surface area contributed by atoms with Gasteiger partial charge in [0.15, 0.2) is 0 Å². The zero-order valence-electron chi connectivity index (χ0n) is 14.3. The third-order valence-electron chi connectivity index (χ3n) is 5.39. The molecule has 3 aromatic rings. The number of amides is 1. The number of carbonyl (C=O) groups excluding carboxylic acids is 1. The SMILES string of the molecule is CCC1(c2nc3c(C(N)=O)cccc3[nH]2)CCc2ccccc2CN1. The predicted octanol–water partition coefficient (Wildman–Crippen LogP) is 3.00. The highest BCUT2D eigenvalue weighted by atomic mass is 16.1. The van der Waals surface area contributed by atoms with E-state index in [9.17, 15) is 4.79 Å². The molecule has 0 bridgehead atoms. The quantitative estimate of drug-likeness (QED) is 0.688. The van der Waals surface area contributed by atoms with Crippen LogP contribution in [0.4, 0.5) is 0 Å². The predicted molar refractivity (Wildman–Crippen MR) is 98.2 cm³/mol. The van der Waals surface area contributed by atoms with Crippen molar-refractivity contribution in [3.8, 4) is 0 Å². The van der Waals surface area contributed by atoms with Crippen molar-refractivity contribution < 1.29 is 4.79 Å². The lowest BCUT2D eigenvalue weighted by Crippen LogP contribution is -2.41. The molecular weight excluding hydrogens is 312 g/mol. The third-order valence-corrected chi connectivity index (χ3v) is 5.39. The van der Waals surface area contributed by atoms with E-state index < -0.39 is 5.91 Å². The van der Waals surface area contributed by atoms with Crippen LogP contribution in [0.1, 0.15) is 47.1 Å². The van der Waals surface area contributed by atoms with E-state index in [-0.39, 0.29) is 5.54 Å². The van der Waals surface area contributed by atoms with Crippen molar-refractivity contribution in [2.45, 2.75) is 38.3 Å². The molecule has 25 heavy (non-hydrogen) atoms. The van der Waals surface area contributed by atoms with Gasteiger partial charge in [-0.15, -0.1) is 0 Å². The Morgan fingerprint density at radius 1 is 1.20 bits per heavy atom. The molecule has 2 aromatic carbocycles. The summed E-state index contributed by atoms with van der Waals surface area (Å²) in [6, 6.07) is 14.1. The van der Waals surface area contributed by atoms with E-state index in [0.717, 1.165) is 37.1 Å². The summed E-state index contributed by atoms with van der Waals surface area (Å²) < 4.78 is 0.